The normalized spacial score (nSPS) is 11.2. The molecule has 29 heavy (non-hydrogen) atoms. The van der Waals surface area contributed by atoms with Crippen LogP contribution in [0.1, 0.15) is 36.7 Å². The largest absolute Gasteiger partial charge is 0.309 e. The Balaban J connectivity index is 1.53. The Kier molecular flexibility index (Phi) is 5.71. The van der Waals surface area contributed by atoms with E-state index >= 15 is 0 Å². The van der Waals surface area contributed by atoms with Gasteiger partial charge >= 0.3 is 0 Å². The molecule has 0 aliphatic carbocycles. The number of nitrogens with one attached hydrogen (secondary N) is 1. The second-order valence-electron chi connectivity index (χ2n) is 6.92. The lowest BCUT2D eigenvalue weighted by atomic mass is 10.1. The molecule has 4 aromatic rings. The summed E-state index contributed by atoms with van der Waals surface area (Å²) in [5, 5.41) is 13.3. The molecule has 0 saturated heterocycles. The molecule has 0 bridgehead atoms. The zero-order valence-corrected chi connectivity index (χ0v) is 17.2. The summed E-state index contributed by atoms with van der Waals surface area (Å²) in [6.07, 6.45) is 3.44. The zero-order chi connectivity index (χ0) is 20.2. The van der Waals surface area contributed by atoms with Crippen LogP contribution in [0.15, 0.2) is 52.4 Å². The van der Waals surface area contributed by atoms with Gasteiger partial charge in [0.25, 0.3) is 5.56 Å². The highest BCUT2D eigenvalue weighted by molar-refractivity contribution is 7.98. The van der Waals surface area contributed by atoms with Gasteiger partial charge in [-0.2, -0.15) is 4.68 Å². The molecular formula is C21H22N6OS. The van der Waals surface area contributed by atoms with E-state index in [1.165, 1.54) is 30.2 Å². The molecule has 2 aromatic carbocycles. The van der Waals surface area contributed by atoms with Gasteiger partial charge in [0, 0.05) is 0 Å². The van der Waals surface area contributed by atoms with Crippen molar-refractivity contribution in [3.05, 3.63) is 69.8 Å². The lowest BCUT2D eigenvalue weighted by Crippen LogP contribution is -2.12. The van der Waals surface area contributed by atoms with Gasteiger partial charge in [-0.25, -0.2) is 4.98 Å². The molecule has 0 saturated carbocycles. The molecule has 0 unspecified atom stereocenters. The molecular weight excluding hydrogens is 384 g/mol. The number of para-hydroxylation sites is 1. The molecule has 0 atom stereocenters. The molecule has 4 rings (SSSR count). The lowest BCUT2D eigenvalue weighted by molar-refractivity contribution is 0.753. The van der Waals surface area contributed by atoms with E-state index in [2.05, 4.69) is 44.5 Å². The number of nitrogens with zero attached hydrogens (tertiary/aromatic N) is 5. The highest BCUT2D eigenvalue weighted by Crippen LogP contribution is 2.22. The third-order valence-corrected chi connectivity index (χ3v) is 5.70. The highest BCUT2D eigenvalue weighted by atomic mass is 32.2. The van der Waals surface area contributed by atoms with Gasteiger partial charge in [0.05, 0.1) is 22.3 Å². The van der Waals surface area contributed by atoms with E-state index in [1.807, 2.05) is 31.2 Å². The number of hydrogen-bond acceptors (Lipinski definition) is 6. The first kappa shape index (κ1) is 19.3. The number of hydrogen-bond donors (Lipinski definition) is 1. The molecule has 0 aliphatic heterocycles. The van der Waals surface area contributed by atoms with Crippen molar-refractivity contribution in [2.24, 2.45) is 0 Å². The Labute approximate surface area is 172 Å². The second kappa shape index (κ2) is 8.57. The minimum absolute atomic E-state index is 0.128. The first-order valence-electron chi connectivity index (χ1n) is 9.64. The van der Waals surface area contributed by atoms with Crippen LogP contribution in [0.4, 0.5) is 0 Å². The Morgan fingerprint density at radius 3 is 2.76 bits per heavy atom. The van der Waals surface area contributed by atoms with Crippen molar-refractivity contribution in [3.63, 3.8) is 0 Å². The van der Waals surface area contributed by atoms with Crippen LogP contribution in [0.25, 0.3) is 16.6 Å². The molecule has 2 heterocycles. The predicted octanol–water partition coefficient (Wildman–Crippen LogP) is 3.84. The second-order valence-corrected chi connectivity index (χ2v) is 7.86. The number of aromatic amines is 1. The maximum Gasteiger partial charge on any atom is 0.258 e. The van der Waals surface area contributed by atoms with E-state index in [1.54, 1.807) is 10.7 Å². The summed E-state index contributed by atoms with van der Waals surface area (Å²) in [6, 6.07) is 13.9. The Morgan fingerprint density at radius 2 is 1.97 bits per heavy atom. The van der Waals surface area contributed by atoms with Crippen molar-refractivity contribution in [3.8, 4) is 5.69 Å². The number of aromatic nitrogens is 6. The summed E-state index contributed by atoms with van der Waals surface area (Å²) in [5.41, 5.74) is 3.80. The number of tetrazole rings is 1. The van der Waals surface area contributed by atoms with Gasteiger partial charge in [0.15, 0.2) is 0 Å². The van der Waals surface area contributed by atoms with Crippen molar-refractivity contribution in [2.45, 2.75) is 44.0 Å². The third kappa shape index (κ3) is 4.22. The van der Waals surface area contributed by atoms with E-state index in [0.717, 1.165) is 23.2 Å². The summed E-state index contributed by atoms with van der Waals surface area (Å²) in [7, 11) is 0. The van der Waals surface area contributed by atoms with E-state index in [4.69, 9.17) is 0 Å². The monoisotopic (exact) mass is 406 g/mol. The summed E-state index contributed by atoms with van der Waals surface area (Å²) >= 11 is 1.44. The molecule has 8 heteroatoms. The van der Waals surface area contributed by atoms with E-state index in [0.29, 0.717) is 22.1 Å². The molecule has 148 valence electrons. The third-order valence-electron chi connectivity index (χ3n) is 4.77. The van der Waals surface area contributed by atoms with Crippen LogP contribution in [0, 0.1) is 6.92 Å². The number of aryl methyl sites for hydroxylation is 2. The Hall–Kier alpha value is -3.00. The maximum absolute atomic E-state index is 12.4. The van der Waals surface area contributed by atoms with Gasteiger partial charge < -0.3 is 4.98 Å². The summed E-state index contributed by atoms with van der Waals surface area (Å²) in [4.78, 5) is 19.8. The lowest BCUT2D eigenvalue weighted by Gasteiger charge is -2.07. The van der Waals surface area contributed by atoms with Gasteiger partial charge in [-0.3, -0.25) is 4.79 Å². The smallest absolute Gasteiger partial charge is 0.258 e. The minimum atomic E-state index is -0.128. The number of fused-ring (bicyclic) bond motifs is 1. The fraction of sp³-hybridized carbons (Fsp3) is 0.286. The van der Waals surface area contributed by atoms with Crippen molar-refractivity contribution < 1.29 is 0 Å². The van der Waals surface area contributed by atoms with E-state index in [9.17, 15) is 4.79 Å². The first-order valence-corrected chi connectivity index (χ1v) is 10.6. The van der Waals surface area contributed by atoms with Gasteiger partial charge in [-0.15, -0.1) is 5.10 Å². The van der Waals surface area contributed by atoms with Gasteiger partial charge in [-0.1, -0.05) is 49.4 Å². The van der Waals surface area contributed by atoms with Gasteiger partial charge in [0.1, 0.15) is 5.82 Å². The van der Waals surface area contributed by atoms with Crippen LogP contribution in [0.3, 0.4) is 0 Å². The molecule has 2 aromatic heterocycles. The van der Waals surface area contributed by atoms with E-state index < -0.39 is 0 Å². The van der Waals surface area contributed by atoms with Crippen LogP contribution in [0.5, 0.6) is 0 Å². The van der Waals surface area contributed by atoms with Gasteiger partial charge in [0.2, 0.25) is 5.16 Å². The molecule has 0 aliphatic rings. The van der Waals surface area contributed by atoms with Crippen LogP contribution in [-0.4, -0.2) is 30.2 Å². The highest BCUT2D eigenvalue weighted by Gasteiger charge is 2.12. The quantitative estimate of drug-likeness (QED) is 0.469. The maximum atomic E-state index is 12.4. The molecule has 0 amide bonds. The van der Waals surface area contributed by atoms with Crippen LogP contribution in [0.2, 0.25) is 0 Å². The van der Waals surface area contributed by atoms with Gasteiger partial charge in [-0.05, 0) is 59.5 Å². The van der Waals surface area contributed by atoms with Crippen LogP contribution in [-0.2, 0) is 12.2 Å². The summed E-state index contributed by atoms with van der Waals surface area (Å²) < 4.78 is 1.71. The number of H-pyrrole nitrogens is 1. The summed E-state index contributed by atoms with van der Waals surface area (Å²) in [6.45, 7) is 4.15. The van der Waals surface area contributed by atoms with Crippen molar-refractivity contribution in [1.29, 1.82) is 0 Å². The standard InChI is InChI=1S/C21H22N6OS/c1-3-4-7-15-9-11-16(12-10-15)27-21(24-25-26-27)29-13-18-22-19-14(2)6-5-8-17(19)20(28)23-18/h5-6,8-12H,3-4,7,13H2,1-2H3,(H,22,23,28). The number of thioether (sulfide) groups is 1. The molecule has 0 radical (unpaired) electrons. The Morgan fingerprint density at radius 1 is 1.14 bits per heavy atom. The predicted molar refractivity (Wildman–Crippen MR) is 114 cm³/mol. The number of unbranched alkanes of at least 4 members (excludes halogenated alkanes) is 1. The molecule has 7 nitrogen and oxygen atoms in total. The van der Waals surface area contributed by atoms with Crippen molar-refractivity contribution in [1.82, 2.24) is 30.2 Å². The van der Waals surface area contributed by atoms with Crippen LogP contribution >= 0.6 is 11.8 Å². The zero-order valence-electron chi connectivity index (χ0n) is 16.4. The molecule has 0 spiro atoms. The SMILES string of the molecule is CCCCc1ccc(-n2nnnc2SCc2nc3c(C)cccc3c(=O)[nH]2)cc1. The van der Waals surface area contributed by atoms with Crippen molar-refractivity contribution in [2.75, 3.05) is 0 Å². The summed E-state index contributed by atoms with van der Waals surface area (Å²) in [5.74, 6) is 1.07. The number of benzene rings is 2. The number of rotatable bonds is 7. The first-order chi connectivity index (χ1) is 14.2. The fourth-order valence-electron chi connectivity index (χ4n) is 3.17. The van der Waals surface area contributed by atoms with Crippen molar-refractivity contribution >= 4 is 22.7 Å². The topological polar surface area (TPSA) is 89.3 Å². The fourth-order valence-corrected chi connectivity index (χ4v) is 3.93. The van der Waals surface area contributed by atoms with E-state index in [-0.39, 0.29) is 5.56 Å². The average Bonchev–Trinajstić information content (AvgIpc) is 3.20. The average molecular weight is 407 g/mol. The Bertz CT molecular complexity index is 1180. The minimum Gasteiger partial charge on any atom is -0.309 e. The molecule has 0 fully saturated rings. The van der Waals surface area contributed by atoms with Crippen LogP contribution < -0.4 is 5.56 Å². The molecule has 1 N–H and O–H groups in total.